The van der Waals surface area contributed by atoms with Gasteiger partial charge in [0, 0.05) is 22.5 Å². The number of hydrogen-bond acceptors (Lipinski definition) is 3. The summed E-state index contributed by atoms with van der Waals surface area (Å²) in [6.07, 6.45) is 11.8. The number of rotatable bonds is 1. The summed E-state index contributed by atoms with van der Waals surface area (Å²) in [6.45, 7) is 0. The lowest BCUT2D eigenvalue weighted by Gasteiger charge is -2.52. The molecule has 2 aromatic rings. The lowest BCUT2D eigenvalue weighted by molar-refractivity contribution is 0.0455. The zero-order valence-corrected chi connectivity index (χ0v) is 15.3. The molecule has 1 spiro atoms. The lowest BCUT2D eigenvalue weighted by atomic mass is 9.64. The van der Waals surface area contributed by atoms with E-state index >= 15 is 0 Å². The molecule has 132 valence electrons. The van der Waals surface area contributed by atoms with Crippen LogP contribution in [-0.2, 0) is 5.54 Å². The highest BCUT2D eigenvalue weighted by Crippen LogP contribution is 2.51. The van der Waals surface area contributed by atoms with Crippen molar-refractivity contribution < 1.29 is 0 Å². The van der Waals surface area contributed by atoms with E-state index in [0.717, 1.165) is 22.4 Å². The zero-order chi connectivity index (χ0) is 16.9. The number of halogens is 1. The summed E-state index contributed by atoms with van der Waals surface area (Å²) in [5.74, 6) is 2.51. The Labute approximate surface area is 154 Å². The number of benzene rings is 1. The summed E-state index contributed by atoms with van der Waals surface area (Å²) < 4.78 is 2.28. The van der Waals surface area contributed by atoms with Crippen molar-refractivity contribution in [2.24, 2.45) is 5.92 Å². The second-order valence-corrected chi connectivity index (χ2v) is 8.42. The van der Waals surface area contributed by atoms with Gasteiger partial charge in [-0.1, -0.05) is 43.7 Å². The summed E-state index contributed by atoms with van der Waals surface area (Å²) in [7, 11) is 0. The number of nitrogens with one attached hydrogen (secondary N) is 1. The van der Waals surface area contributed by atoms with Crippen molar-refractivity contribution in [3.63, 3.8) is 0 Å². The first kappa shape index (κ1) is 15.7. The smallest absolute Gasteiger partial charge is 0.222 e. The number of anilines is 1. The van der Waals surface area contributed by atoms with E-state index in [2.05, 4.69) is 10.00 Å². The highest BCUT2D eigenvalue weighted by molar-refractivity contribution is 6.30. The third-order valence-electron chi connectivity index (χ3n) is 6.62. The van der Waals surface area contributed by atoms with Gasteiger partial charge in [-0.05, 0) is 49.9 Å². The Morgan fingerprint density at radius 2 is 1.76 bits per heavy atom. The second-order valence-electron chi connectivity index (χ2n) is 7.98. The van der Waals surface area contributed by atoms with Gasteiger partial charge in [-0.3, -0.25) is 0 Å². The third-order valence-corrected chi connectivity index (χ3v) is 6.87. The number of hydrogen-bond donors (Lipinski definition) is 1. The SMILES string of the molecule is Clc1ccc(-c2nc3n(n2)C2(CCCCC2)[C@@H]2CCCC[C@@H]2N3)cc1. The molecule has 0 unspecified atom stereocenters. The molecule has 2 fully saturated rings. The standard InChI is InChI=1S/C20H25ClN4/c21-15-10-8-14(9-11-15)18-23-19-22-17-7-3-2-6-16(17)20(25(19)24-18)12-4-1-5-13-20/h8-11,16-17H,1-7,12-13H2,(H,22,23,24)/t16-,17+/m1/s1. The van der Waals surface area contributed by atoms with E-state index in [1.165, 1.54) is 57.8 Å². The van der Waals surface area contributed by atoms with Gasteiger partial charge in [-0.15, -0.1) is 5.10 Å². The van der Waals surface area contributed by atoms with Gasteiger partial charge in [-0.25, -0.2) is 4.68 Å². The number of aromatic nitrogens is 3. The van der Waals surface area contributed by atoms with Crippen LogP contribution in [0.5, 0.6) is 0 Å². The van der Waals surface area contributed by atoms with E-state index in [1.54, 1.807) is 0 Å². The van der Waals surface area contributed by atoms with E-state index in [9.17, 15) is 0 Å². The van der Waals surface area contributed by atoms with Crippen LogP contribution in [0, 0.1) is 5.92 Å². The molecule has 0 saturated heterocycles. The predicted octanol–water partition coefficient (Wildman–Crippen LogP) is 5.24. The zero-order valence-electron chi connectivity index (χ0n) is 14.5. The highest BCUT2D eigenvalue weighted by atomic mass is 35.5. The van der Waals surface area contributed by atoms with E-state index in [-0.39, 0.29) is 5.54 Å². The average Bonchev–Trinajstić information content (AvgIpc) is 3.08. The predicted molar refractivity (Wildman–Crippen MR) is 101 cm³/mol. The molecule has 5 rings (SSSR count). The Morgan fingerprint density at radius 1 is 1.00 bits per heavy atom. The molecular formula is C20H25ClN4. The molecule has 25 heavy (non-hydrogen) atoms. The van der Waals surface area contributed by atoms with Crippen LogP contribution in [0.2, 0.25) is 5.02 Å². The van der Waals surface area contributed by atoms with E-state index in [1.807, 2.05) is 24.3 Å². The molecule has 0 radical (unpaired) electrons. The maximum absolute atomic E-state index is 6.04. The molecule has 1 N–H and O–H groups in total. The van der Waals surface area contributed by atoms with Crippen molar-refractivity contribution in [2.75, 3.05) is 5.32 Å². The van der Waals surface area contributed by atoms with Crippen LogP contribution < -0.4 is 5.32 Å². The molecule has 2 saturated carbocycles. The monoisotopic (exact) mass is 356 g/mol. The number of fused-ring (bicyclic) bond motifs is 4. The molecular weight excluding hydrogens is 332 g/mol. The molecule has 2 atom stereocenters. The lowest BCUT2D eigenvalue weighted by Crippen LogP contribution is -2.55. The molecule has 3 aliphatic rings. The summed E-state index contributed by atoms with van der Waals surface area (Å²) >= 11 is 6.04. The normalized spacial score (nSPS) is 27.4. The van der Waals surface area contributed by atoms with E-state index in [4.69, 9.17) is 21.7 Å². The van der Waals surface area contributed by atoms with Crippen LogP contribution in [0.15, 0.2) is 24.3 Å². The molecule has 1 aromatic carbocycles. The maximum atomic E-state index is 6.04. The first-order valence-electron chi connectivity index (χ1n) is 9.76. The van der Waals surface area contributed by atoms with Gasteiger partial charge in [-0.2, -0.15) is 4.98 Å². The van der Waals surface area contributed by atoms with Crippen molar-refractivity contribution in [2.45, 2.75) is 69.4 Å². The van der Waals surface area contributed by atoms with Crippen LogP contribution in [0.3, 0.4) is 0 Å². The average molecular weight is 357 g/mol. The van der Waals surface area contributed by atoms with E-state index < -0.39 is 0 Å². The number of nitrogens with zero attached hydrogens (tertiary/aromatic N) is 3. The van der Waals surface area contributed by atoms with Gasteiger partial charge in [0.1, 0.15) is 0 Å². The first-order valence-corrected chi connectivity index (χ1v) is 10.1. The Hall–Kier alpha value is -1.55. The van der Waals surface area contributed by atoms with Gasteiger partial charge in [0.05, 0.1) is 5.54 Å². The molecule has 2 heterocycles. The minimum absolute atomic E-state index is 0.182. The molecule has 4 nitrogen and oxygen atoms in total. The molecule has 2 aliphatic carbocycles. The quantitative estimate of drug-likeness (QED) is 0.759. The minimum Gasteiger partial charge on any atom is -0.351 e. The van der Waals surface area contributed by atoms with Crippen LogP contribution in [0.4, 0.5) is 5.95 Å². The summed E-state index contributed by atoms with van der Waals surface area (Å²) in [4.78, 5) is 4.89. The molecule has 0 amide bonds. The Morgan fingerprint density at radius 3 is 2.56 bits per heavy atom. The molecule has 0 bridgehead atoms. The second kappa shape index (κ2) is 6.01. The van der Waals surface area contributed by atoms with Crippen molar-refractivity contribution in [3.05, 3.63) is 29.3 Å². The Kier molecular flexibility index (Phi) is 3.77. The fourth-order valence-corrected chi connectivity index (χ4v) is 5.58. The van der Waals surface area contributed by atoms with Gasteiger partial charge in [0.2, 0.25) is 5.95 Å². The summed E-state index contributed by atoms with van der Waals surface area (Å²) in [5.41, 5.74) is 1.23. The first-order chi connectivity index (χ1) is 12.3. The van der Waals surface area contributed by atoms with Crippen molar-refractivity contribution in [1.29, 1.82) is 0 Å². The van der Waals surface area contributed by atoms with Gasteiger partial charge in [0.25, 0.3) is 0 Å². The molecule has 5 heteroatoms. The highest BCUT2D eigenvalue weighted by Gasteiger charge is 2.51. The van der Waals surface area contributed by atoms with Gasteiger partial charge in [0.15, 0.2) is 5.82 Å². The summed E-state index contributed by atoms with van der Waals surface area (Å²) in [5, 5.41) is 9.50. The largest absolute Gasteiger partial charge is 0.351 e. The van der Waals surface area contributed by atoms with Gasteiger partial charge < -0.3 is 5.32 Å². The van der Waals surface area contributed by atoms with Gasteiger partial charge >= 0.3 is 0 Å². The summed E-state index contributed by atoms with van der Waals surface area (Å²) in [6, 6.07) is 8.44. The minimum atomic E-state index is 0.182. The van der Waals surface area contributed by atoms with Crippen LogP contribution in [0.1, 0.15) is 57.8 Å². The van der Waals surface area contributed by atoms with Crippen LogP contribution in [0.25, 0.3) is 11.4 Å². The van der Waals surface area contributed by atoms with E-state index in [0.29, 0.717) is 12.0 Å². The fraction of sp³-hybridized carbons (Fsp3) is 0.600. The Bertz CT molecular complexity index is 761. The molecule has 1 aromatic heterocycles. The topological polar surface area (TPSA) is 42.7 Å². The van der Waals surface area contributed by atoms with Crippen molar-refractivity contribution >= 4 is 17.5 Å². The van der Waals surface area contributed by atoms with Crippen molar-refractivity contribution in [3.8, 4) is 11.4 Å². The maximum Gasteiger partial charge on any atom is 0.222 e. The fourth-order valence-electron chi connectivity index (χ4n) is 5.45. The third kappa shape index (κ3) is 2.49. The Balaban J connectivity index is 1.61. The van der Waals surface area contributed by atoms with Crippen LogP contribution in [-0.4, -0.2) is 20.8 Å². The molecule has 1 aliphatic heterocycles. The van der Waals surface area contributed by atoms with Crippen molar-refractivity contribution in [1.82, 2.24) is 14.8 Å². The van der Waals surface area contributed by atoms with Crippen LogP contribution >= 0.6 is 11.6 Å².